The Balaban J connectivity index is 2.02. The number of nitrogens with zero attached hydrogens (tertiary/aromatic N) is 1. The number of nitrogens with one attached hydrogen (secondary N) is 1. The molecule has 3 heteroatoms. The van der Waals surface area contributed by atoms with Gasteiger partial charge < -0.3 is 9.98 Å². The van der Waals surface area contributed by atoms with Gasteiger partial charge in [0.05, 0.1) is 0 Å². The Morgan fingerprint density at radius 2 is 2.05 bits per heavy atom. The molecule has 0 aliphatic carbocycles. The van der Waals surface area contributed by atoms with Crippen LogP contribution in [0.1, 0.15) is 16.7 Å². The second-order valence-corrected chi connectivity index (χ2v) is 5.36. The maximum Gasteiger partial charge on any atom is 0.0490 e. The van der Waals surface area contributed by atoms with Crippen LogP contribution in [0.15, 0.2) is 48.7 Å². The standard InChI is InChI=1S/C17H15ClN2/c1-12-9-13(5-6-16(12)18)11-20-8-7-15-14(10-19)3-2-4-17(15)20/h2-10,19H,11H2,1H3. The molecule has 3 aromatic rings. The molecule has 0 radical (unpaired) electrons. The van der Waals surface area contributed by atoms with E-state index in [4.69, 9.17) is 17.0 Å². The van der Waals surface area contributed by atoms with E-state index in [1.54, 1.807) is 0 Å². The van der Waals surface area contributed by atoms with Crippen LogP contribution in [0, 0.1) is 12.3 Å². The highest BCUT2D eigenvalue weighted by molar-refractivity contribution is 6.31. The maximum absolute atomic E-state index is 7.46. The van der Waals surface area contributed by atoms with Crippen LogP contribution in [0.2, 0.25) is 5.02 Å². The average Bonchev–Trinajstić information content (AvgIpc) is 2.86. The van der Waals surface area contributed by atoms with Crippen molar-refractivity contribution in [2.75, 3.05) is 0 Å². The first-order chi connectivity index (χ1) is 9.69. The summed E-state index contributed by atoms with van der Waals surface area (Å²) < 4.78 is 2.20. The third-order valence-corrected chi connectivity index (χ3v) is 4.00. The quantitative estimate of drug-likeness (QED) is 0.678. The first-order valence-electron chi connectivity index (χ1n) is 6.52. The zero-order chi connectivity index (χ0) is 14.1. The molecule has 100 valence electrons. The monoisotopic (exact) mass is 282 g/mol. The van der Waals surface area contributed by atoms with Gasteiger partial charge in [-0.3, -0.25) is 0 Å². The van der Waals surface area contributed by atoms with E-state index in [2.05, 4.69) is 35.0 Å². The van der Waals surface area contributed by atoms with Crippen LogP contribution >= 0.6 is 11.6 Å². The highest BCUT2D eigenvalue weighted by atomic mass is 35.5. The highest BCUT2D eigenvalue weighted by Crippen LogP contribution is 2.22. The lowest BCUT2D eigenvalue weighted by Gasteiger charge is -2.08. The van der Waals surface area contributed by atoms with Crippen molar-refractivity contribution in [3.05, 3.63) is 70.4 Å². The Morgan fingerprint density at radius 3 is 2.80 bits per heavy atom. The summed E-state index contributed by atoms with van der Waals surface area (Å²) in [5.74, 6) is 0. The Kier molecular flexibility index (Phi) is 3.33. The van der Waals surface area contributed by atoms with Crippen molar-refractivity contribution in [3.63, 3.8) is 0 Å². The van der Waals surface area contributed by atoms with Crippen LogP contribution in [0.5, 0.6) is 0 Å². The van der Waals surface area contributed by atoms with E-state index in [0.717, 1.165) is 33.6 Å². The summed E-state index contributed by atoms with van der Waals surface area (Å²) >= 11 is 6.07. The highest BCUT2D eigenvalue weighted by Gasteiger charge is 2.05. The molecule has 1 N–H and O–H groups in total. The number of halogens is 1. The van der Waals surface area contributed by atoms with Gasteiger partial charge in [-0.2, -0.15) is 0 Å². The zero-order valence-electron chi connectivity index (χ0n) is 11.2. The van der Waals surface area contributed by atoms with E-state index in [1.807, 2.05) is 25.1 Å². The molecule has 20 heavy (non-hydrogen) atoms. The van der Waals surface area contributed by atoms with Gasteiger partial charge in [0, 0.05) is 40.4 Å². The van der Waals surface area contributed by atoms with Crippen LogP contribution < -0.4 is 0 Å². The fraction of sp³-hybridized carbons (Fsp3) is 0.118. The lowest BCUT2D eigenvalue weighted by atomic mass is 10.1. The van der Waals surface area contributed by atoms with Crippen molar-refractivity contribution < 1.29 is 0 Å². The minimum absolute atomic E-state index is 0.803. The van der Waals surface area contributed by atoms with Gasteiger partial charge in [-0.25, -0.2) is 0 Å². The predicted molar refractivity (Wildman–Crippen MR) is 85.1 cm³/mol. The minimum atomic E-state index is 0.803. The molecular weight excluding hydrogens is 268 g/mol. The van der Waals surface area contributed by atoms with E-state index < -0.39 is 0 Å². The van der Waals surface area contributed by atoms with Gasteiger partial charge in [0.25, 0.3) is 0 Å². The fourth-order valence-electron chi connectivity index (χ4n) is 2.51. The molecule has 1 heterocycles. The van der Waals surface area contributed by atoms with E-state index in [9.17, 15) is 0 Å². The van der Waals surface area contributed by atoms with E-state index >= 15 is 0 Å². The van der Waals surface area contributed by atoms with Crippen LogP contribution in [0.4, 0.5) is 0 Å². The lowest BCUT2D eigenvalue weighted by Crippen LogP contribution is -1.98. The summed E-state index contributed by atoms with van der Waals surface area (Å²) in [4.78, 5) is 0. The largest absolute Gasteiger partial charge is 0.343 e. The molecule has 0 amide bonds. The van der Waals surface area contributed by atoms with E-state index in [0.29, 0.717) is 0 Å². The van der Waals surface area contributed by atoms with Gasteiger partial charge in [0.1, 0.15) is 0 Å². The van der Waals surface area contributed by atoms with Crippen molar-refractivity contribution in [2.24, 2.45) is 0 Å². The third kappa shape index (κ3) is 2.23. The number of hydrogen-bond donors (Lipinski definition) is 1. The molecule has 0 unspecified atom stereocenters. The predicted octanol–water partition coefficient (Wildman–Crippen LogP) is 4.65. The number of hydrogen-bond acceptors (Lipinski definition) is 1. The summed E-state index contributed by atoms with van der Waals surface area (Å²) in [5.41, 5.74) is 4.43. The maximum atomic E-state index is 7.46. The number of aryl methyl sites for hydroxylation is 1. The van der Waals surface area contributed by atoms with Crippen molar-refractivity contribution in [1.29, 1.82) is 5.41 Å². The van der Waals surface area contributed by atoms with Crippen LogP contribution in [0.25, 0.3) is 10.9 Å². The summed E-state index contributed by atoms with van der Waals surface area (Å²) in [6, 6.07) is 14.2. The van der Waals surface area contributed by atoms with Crippen molar-refractivity contribution in [1.82, 2.24) is 4.57 Å². The number of fused-ring (bicyclic) bond motifs is 1. The smallest absolute Gasteiger partial charge is 0.0490 e. The Labute approximate surface area is 123 Å². The summed E-state index contributed by atoms with van der Waals surface area (Å²) in [6.07, 6.45) is 3.47. The van der Waals surface area contributed by atoms with E-state index in [1.165, 1.54) is 11.8 Å². The van der Waals surface area contributed by atoms with Gasteiger partial charge >= 0.3 is 0 Å². The Morgan fingerprint density at radius 1 is 1.20 bits per heavy atom. The van der Waals surface area contributed by atoms with Crippen LogP contribution in [-0.4, -0.2) is 10.8 Å². The molecule has 1 aromatic heterocycles. The van der Waals surface area contributed by atoms with Gasteiger partial charge in [-0.05, 0) is 36.2 Å². The fourth-order valence-corrected chi connectivity index (χ4v) is 2.63. The molecule has 0 saturated heterocycles. The van der Waals surface area contributed by atoms with E-state index in [-0.39, 0.29) is 0 Å². The van der Waals surface area contributed by atoms with Gasteiger partial charge in [-0.15, -0.1) is 0 Å². The molecule has 0 atom stereocenters. The topological polar surface area (TPSA) is 28.8 Å². The summed E-state index contributed by atoms with van der Waals surface area (Å²) in [5, 5.41) is 9.38. The molecule has 2 nitrogen and oxygen atoms in total. The first kappa shape index (κ1) is 12.9. The van der Waals surface area contributed by atoms with Crippen molar-refractivity contribution >= 4 is 28.7 Å². The molecule has 0 aliphatic rings. The minimum Gasteiger partial charge on any atom is -0.343 e. The first-order valence-corrected chi connectivity index (χ1v) is 6.90. The Hall–Kier alpha value is -2.06. The zero-order valence-corrected chi connectivity index (χ0v) is 12.0. The average molecular weight is 283 g/mol. The van der Waals surface area contributed by atoms with Crippen LogP contribution in [-0.2, 0) is 6.54 Å². The summed E-state index contributed by atoms with van der Waals surface area (Å²) in [6.45, 7) is 2.83. The second-order valence-electron chi connectivity index (χ2n) is 4.95. The molecule has 0 fully saturated rings. The lowest BCUT2D eigenvalue weighted by molar-refractivity contribution is 0.836. The SMILES string of the molecule is Cc1cc(Cn2ccc3c(C=N)cccc32)ccc1Cl. The number of benzene rings is 2. The summed E-state index contributed by atoms with van der Waals surface area (Å²) in [7, 11) is 0. The molecule has 0 aliphatic heterocycles. The van der Waals surface area contributed by atoms with Gasteiger partial charge in [0.2, 0.25) is 0 Å². The van der Waals surface area contributed by atoms with Gasteiger partial charge in [0.15, 0.2) is 0 Å². The second kappa shape index (κ2) is 5.14. The number of rotatable bonds is 3. The van der Waals surface area contributed by atoms with Crippen molar-refractivity contribution in [3.8, 4) is 0 Å². The number of aromatic nitrogens is 1. The molecule has 2 aromatic carbocycles. The molecule has 0 bridgehead atoms. The molecular formula is C17H15ClN2. The third-order valence-electron chi connectivity index (χ3n) is 3.58. The van der Waals surface area contributed by atoms with Crippen LogP contribution in [0.3, 0.4) is 0 Å². The van der Waals surface area contributed by atoms with Gasteiger partial charge in [-0.1, -0.05) is 35.9 Å². The molecule has 3 rings (SSSR count). The molecule has 0 saturated carbocycles. The molecule has 0 spiro atoms. The normalized spacial score (nSPS) is 10.9. The Bertz CT molecular complexity index is 787. The van der Waals surface area contributed by atoms with Crippen molar-refractivity contribution in [2.45, 2.75) is 13.5 Å².